The minimum absolute atomic E-state index is 0.594. The fraction of sp³-hybridized carbons (Fsp3) is 0. The highest BCUT2D eigenvalue weighted by Gasteiger charge is 2.20. The molecular formula is C51H31N3OS. The average molecular weight is 734 g/mol. The van der Waals surface area contributed by atoms with Crippen LogP contribution in [0.25, 0.3) is 110 Å². The molecule has 11 rings (SSSR count). The summed E-state index contributed by atoms with van der Waals surface area (Å²) >= 11 is 1.86. The molecule has 0 spiro atoms. The lowest BCUT2D eigenvalue weighted by atomic mass is 9.96. The number of hydrogen-bond donors (Lipinski definition) is 0. The molecule has 0 amide bonds. The summed E-state index contributed by atoms with van der Waals surface area (Å²) in [4.78, 5) is 15.4. The Balaban J connectivity index is 1.10. The first-order valence-corrected chi connectivity index (χ1v) is 19.5. The zero-order valence-electron chi connectivity index (χ0n) is 30.1. The third-order valence-corrected chi connectivity index (χ3v) is 11.8. The van der Waals surface area contributed by atoms with Gasteiger partial charge in [-0.05, 0) is 63.7 Å². The molecule has 0 aliphatic heterocycles. The van der Waals surface area contributed by atoms with Gasteiger partial charge in [-0.25, -0.2) is 15.0 Å². The van der Waals surface area contributed by atoms with E-state index in [0.29, 0.717) is 17.5 Å². The number of rotatable bonds is 6. The van der Waals surface area contributed by atoms with Crippen molar-refractivity contribution in [1.82, 2.24) is 15.0 Å². The minimum atomic E-state index is 0.594. The monoisotopic (exact) mass is 733 g/mol. The molecule has 3 heterocycles. The first-order chi connectivity index (χ1) is 27.7. The Morgan fingerprint density at radius 1 is 0.339 bits per heavy atom. The molecule has 11 aromatic rings. The lowest BCUT2D eigenvalue weighted by Crippen LogP contribution is -2.00. The van der Waals surface area contributed by atoms with Gasteiger partial charge < -0.3 is 4.42 Å². The van der Waals surface area contributed by atoms with Gasteiger partial charge in [0, 0.05) is 47.6 Å². The van der Waals surface area contributed by atoms with E-state index in [1.54, 1.807) is 0 Å². The van der Waals surface area contributed by atoms with Gasteiger partial charge in [0.15, 0.2) is 17.5 Å². The maximum Gasteiger partial charge on any atom is 0.164 e. The predicted octanol–water partition coefficient (Wildman–Crippen LogP) is 14.1. The molecule has 8 aromatic carbocycles. The Morgan fingerprint density at radius 2 is 0.946 bits per heavy atom. The molecule has 0 aliphatic rings. The first kappa shape index (κ1) is 32.2. The second kappa shape index (κ2) is 13.3. The molecule has 0 atom stereocenters. The highest BCUT2D eigenvalue weighted by Crippen LogP contribution is 2.45. The fourth-order valence-electron chi connectivity index (χ4n) is 7.92. The standard InChI is InChI=1S/C51H31N3OS/c1-4-14-32(15-5-1)35-20-10-21-37(30-35)50-52-49(34-18-8-3-9-19-34)53-51(54-50)41-25-12-26-44-46(41)42-31-36(28-29-43(42)55-44)38-22-13-27-45-47(38)40-24-11-23-39(48(40)56-45)33-16-6-2-7-17-33/h1-31H. The van der Waals surface area contributed by atoms with Gasteiger partial charge in [-0.1, -0.05) is 158 Å². The molecule has 0 bridgehead atoms. The van der Waals surface area contributed by atoms with Gasteiger partial charge in [-0.3, -0.25) is 0 Å². The molecule has 3 aromatic heterocycles. The number of nitrogens with zero attached hydrogens (tertiary/aromatic N) is 3. The quantitative estimate of drug-likeness (QED) is 0.171. The van der Waals surface area contributed by atoms with Crippen molar-refractivity contribution in [3.05, 3.63) is 188 Å². The molecular weight excluding hydrogens is 703 g/mol. The number of fused-ring (bicyclic) bond motifs is 6. The van der Waals surface area contributed by atoms with Gasteiger partial charge in [0.1, 0.15) is 11.2 Å². The fourth-order valence-corrected chi connectivity index (χ4v) is 9.19. The summed E-state index contributed by atoms with van der Waals surface area (Å²) in [5, 5.41) is 4.53. The van der Waals surface area contributed by atoms with Crippen LogP contribution in [0.15, 0.2) is 192 Å². The highest BCUT2D eigenvalue weighted by atomic mass is 32.1. The van der Waals surface area contributed by atoms with Crippen LogP contribution < -0.4 is 0 Å². The van der Waals surface area contributed by atoms with Crippen LogP contribution in [0.4, 0.5) is 0 Å². The Kier molecular flexibility index (Phi) is 7.64. The molecule has 0 aliphatic carbocycles. The normalized spacial score (nSPS) is 11.6. The Morgan fingerprint density at radius 3 is 1.75 bits per heavy atom. The molecule has 262 valence electrons. The van der Waals surface area contributed by atoms with Crippen molar-refractivity contribution >= 4 is 53.4 Å². The largest absolute Gasteiger partial charge is 0.456 e. The maximum absolute atomic E-state index is 6.54. The van der Waals surface area contributed by atoms with Crippen LogP contribution in [0, 0.1) is 0 Å². The zero-order chi connectivity index (χ0) is 37.0. The topological polar surface area (TPSA) is 51.8 Å². The summed E-state index contributed by atoms with van der Waals surface area (Å²) in [5.74, 6) is 1.83. The van der Waals surface area contributed by atoms with Crippen LogP contribution in [-0.4, -0.2) is 15.0 Å². The third kappa shape index (κ3) is 5.48. The van der Waals surface area contributed by atoms with E-state index in [1.807, 2.05) is 59.9 Å². The van der Waals surface area contributed by atoms with Gasteiger partial charge in [-0.15, -0.1) is 11.3 Å². The average Bonchev–Trinajstić information content (AvgIpc) is 3.86. The summed E-state index contributed by atoms with van der Waals surface area (Å²) in [6.07, 6.45) is 0. The van der Waals surface area contributed by atoms with Gasteiger partial charge >= 0.3 is 0 Å². The molecule has 0 radical (unpaired) electrons. The van der Waals surface area contributed by atoms with Crippen LogP contribution in [0.5, 0.6) is 0 Å². The van der Waals surface area contributed by atoms with E-state index >= 15 is 0 Å². The van der Waals surface area contributed by atoms with Crippen molar-refractivity contribution in [3.8, 4) is 67.5 Å². The highest BCUT2D eigenvalue weighted by molar-refractivity contribution is 7.26. The van der Waals surface area contributed by atoms with Crippen molar-refractivity contribution in [1.29, 1.82) is 0 Å². The van der Waals surface area contributed by atoms with Crippen LogP contribution in [-0.2, 0) is 0 Å². The summed E-state index contributed by atoms with van der Waals surface area (Å²) in [7, 11) is 0. The van der Waals surface area contributed by atoms with Crippen molar-refractivity contribution < 1.29 is 4.42 Å². The van der Waals surface area contributed by atoms with Crippen LogP contribution in [0.1, 0.15) is 0 Å². The smallest absolute Gasteiger partial charge is 0.164 e. The van der Waals surface area contributed by atoms with Crippen LogP contribution in [0.2, 0.25) is 0 Å². The summed E-state index contributed by atoms with van der Waals surface area (Å²) in [6.45, 7) is 0. The number of furan rings is 1. The van der Waals surface area contributed by atoms with E-state index in [-0.39, 0.29) is 0 Å². The molecule has 0 saturated carbocycles. The van der Waals surface area contributed by atoms with E-state index in [2.05, 4.69) is 140 Å². The summed E-state index contributed by atoms with van der Waals surface area (Å²) < 4.78 is 9.10. The number of aromatic nitrogens is 3. The van der Waals surface area contributed by atoms with Crippen molar-refractivity contribution in [2.45, 2.75) is 0 Å². The first-order valence-electron chi connectivity index (χ1n) is 18.7. The second-order valence-corrected chi connectivity index (χ2v) is 15.0. The van der Waals surface area contributed by atoms with Crippen molar-refractivity contribution in [2.24, 2.45) is 0 Å². The van der Waals surface area contributed by atoms with Crippen molar-refractivity contribution in [3.63, 3.8) is 0 Å². The maximum atomic E-state index is 6.54. The molecule has 0 saturated heterocycles. The Bertz CT molecular complexity index is 3240. The third-order valence-electron chi connectivity index (χ3n) is 10.5. The molecule has 0 unspecified atom stereocenters. The molecule has 0 fully saturated rings. The lowest BCUT2D eigenvalue weighted by Gasteiger charge is -2.10. The van der Waals surface area contributed by atoms with Gasteiger partial charge in [0.25, 0.3) is 0 Å². The predicted molar refractivity (Wildman–Crippen MR) is 233 cm³/mol. The molecule has 0 N–H and O–H groups in total. The van der Waals surface area contributed by atoms with Gasteiger partial charge in [0.2, 0.25) is 0 Å². The second-order valence-electron chi connectivity index (χ2n) is 13.9. The Hall–Kier alpha value is -7.21. The summed E-state index contributed by atoms with van der Waals surface area (Å²) in [5.41, 5.74) is 11.4. The van der Waals surface area contributed by atoms with E-state index in [0.717, 1.165) is 55.3 Å². The number of thiophene rings is 1. The van der Waals surface area contributed by atoms with E-state index < -0.39 is 0 Å². The summed E-state index contributed by atoms with van der Waals surface area (Å²) in [6, 6.07) is 65.6. The van der Waals surface area contributed by atoms with Gasteiger partial charge in [0.05, 0.1) is 0 Å². The van der Waals surface area contributed by atoms with Crippen molar-refractivity contribution in [2.75, 3.05) is 0 Å². The molecule has 56 heavy (non-hydrogen) atoms. The van der Waals surface area contributed by atoms with E-state index in [1.165, 1.54) is 36.9 Å². The van der Waals surface area contributed by atoms with E-state index in [9.17, 15) is 0 Å². The Labute approximate surface area is 327 Å². The van der Waals surface area contributed by atoms with E-state index in [4.69, 9.17) is 19.4 Å². The van der Waals surface area contributed by atoms with Crippen LogP contribution in [0.3, 0.4) is 0 Å². The lowest BCUT2D eigenvalue weighted by molar-refractivity contribution is 0.669. The minimum Gasteiger partial charge on any atom is -0.456 e. The van der Waals surface area contributed by atoms with Crippen LogP contribution >= 0.6 is 11.3 Å². The molecule has 5 heteroatoms. The number of hydrogen-bond acceptors (Lipinski definition) is 5. The zero-order valence-corrected chi connectivity index (χ0v) is 30.9. The SMILES string of the molecule is c1ccc(-c2cccc(-c3nc(-c4ccccc4)nc(-c4cccc5oc6ccc(-c7cccc8sc9c(-c%10ccccc%10)cccc9c78)cc6c45)n3)c2)cc1. The van der Waals surface area contributed by atoms with Gasteiger partial charge in [-0.2, -0.15) is 0 Å². The molecule has 4 nitrogen and oxygen atoms in total. The number of benzene rings is 8.